The van der Waals surface area contributed by atoms with Crippen molar-refractivity contribution in [3.63, 3.8) is 0 Å². The highest BCUT2D eigenvalue weighted by atomic mass is 16.5. The molecular weight excluding hydrogens is 320 g/mol. The maximum absolute atomic E-state index is 12.3. The topological polar surface area (TPSA) is 89.1 Å². The Balaban J connectivity index is 1.66. The van der Waals surface area contributed by atoms with Crippen molar-refractivity contribution in [2.75, 3.05) is 14.2 Å². The minimum Gasteiger partial charge on any atom is -0.497 e. The highest BCUT2D eigenvalue weighted by molar-refractivity contribution is 5.96. The van der Waals surface area contributed by atoms with E-state index in [1.807, 2.05) is 30.3 Å². The Bertz CT molecular complexity index is 859. The van der Waals surface area contributed by atoms with Crippen LogP contribution in [0.3, 0.4) is 0 Å². The van der Waals surface area contributed by atoms with E-state index in [0.717, 1.165) is 11.3 Å². The van der Waals surface area contributed by atoms with Crippen molar-refractivity contribution in [3.8, 4) is 22.9 Å². The van der Waals surface area contributed by atoms with Gasteiger partial charge in [0.05, 0.1) is 26.3 Å². The van der Waals surface area contributed by atoms with E-state index in [2.05, 4.69) is 20.5 Å². The van der Waals surface area contributed by atoms with Crippen LogP contribution in [0.5, 0.6) is 11.5 Å². The van der Waals surface area contributed by atoms with Crippen LogP contribution >= 0.6 is 0 Å². The molecule has 3 rings (SSSR count). The quantitative estimate of drug-likeness (QED) is 0.720. The zero-order valence-electron chi connectivity index (χ0n) is 13.9. The summed E-state index contributed by atoms with van der Waals surface area (Å²) in [6, 6.07) is 14.5. The number of benzene rings is 2. The number of ether oxygens (including phenoxy) is 2. The fraction of sp³-hybridized carbons (Fsp3) is 0.167. The van der Waals surface area contributed by atoms with E-state index in [1.54, 1.807) is 25.3 Å². The first-order chi connectivity index (χ1) is 12.2. The van der Waals surface area contributed by atoms with E-state index < -0.39 is 0 Å². The second-order valence-corrected chi connectivity index (χ2v) is 5.22. The first-order valence-electron chi connectivity index (χ1n) is 7.68. The zero-order chi connectivity index (χ0) is 17.6. The molecule has 0 unspecified atom stereocenters. The van der Waals surface area contributed by atoms with Gasteiger partial charge in [-0.15, -0.1) is 0 Å². The summed E-state index contributed by atoms with van der Waals surface area (Å²) >= 11 is 0. The molecule has 0 bridgehead atoms. The number of rotatable bonds is 6. The highest BCUT2D eigenvalue weighted by Crippen LogP contribution is 2.19. The number of aromatic amines is 1. The molecule has 25 heavy (non-hydrogen) atoms. The molecule has 0 aliphatic rings. The van der Waals surface area contributed by atoms with Gasteiger partial charge in [0.25, 0.3) is 5.91 Å². The summed E-state index contributed by atoms with van der Waals surface area (Å²) in [5.41, 5.74) is 1.33. The number of amides is 1. The largest absolute Gasteiger partial charge is 0.497 e. The molecule has 2 aromatic carbocycles. The SMILES string of the molecule is COc1ccc(-c2n[nH]c(CNC(=O)c3ccccc3OC)n2)cc1. The lowest BCUT2D eigenvalue weighted by atomic mass is 10.2. The van der Waals surface area contributed by atoms with Gasteiger partial charge in [-0.25, -0.2) is 4.98 Å². The van der Waals surface area contributed by atoms with Gasteiger partial charge in [-0.3, -0.25) is 9.89 Å². The Morgan fingerprint density at radius 2 is 1.84 bits per heavy atom. The van der Waals surface area contributed by atoms with Crippen LogP contribution in [0.4, 0.5) is 0 Å². The normalized spacial score (nSPS) is 10.3. The molecule has 0 atom stereocenters. The standard InChI is InChI=1S/C18H18N4O3/c1-24-13-9-7-12(8-10-13)17-20-16(21-22-17)11-19-18(23)14-5-3-4-6-15(14)25-2/h3-10H,11H2,1-2H3,(H,19,23)(H,20,21,22). The number of carbonyl (C=O) groups is 1. The Kier molecular flexibility index (Phi) is 4.94. The summed E-state index contributed by atoms with van der Waals surface area (Å²) in [6.07, 6.45) is 0. The van der Waals surface area contributed by atoms with E-state index in [1.165, 1.54) is 7.11 Å². The molecule has 0 saturated carbocycles. The summed E-state index contributed by atoms with van der Waals surface area (Å²) < 4.78 is 10.3. The van der Waals surface area contributed by atoms with E-state index in [-0.39, 0.29) is 12.5 Å². The van der Waals surface area contributed by atoms with E-state index in [4.69, 9.17) is 9.47 Å². The van der Waals surface area contributed by atoms with Crippen LogP contribution in [0.15, 0.2) is 48.5 Å². The van der Waals surface area contributed by atoms with Crippen molar-refractivity contribution in [1.82, 2.24) is 20.5 Å². The number of nitrogens with zero attached hydrogens (tertiary/aromatic N) is 2. The lowest BCUT2D eigenvalue weighted by molar-refractivity contribution is 0.0947. The lowest BCUT2D eigenvalue weighted by Gasteiger charge is -2.07. The molecular formula is C18H18N4O3. The fourth-order valence-electron chi connectivity index (χ4n) is 2.34. The number of para-hydroxylation sites is 1. The fourth-order valence-corrected chi connectivity index (χ4v) is 2.34. The van der Waals surface area contributed by atoms with E-state index >= 15 is 0 Å². The van der Waals surface area contributed by atoms with Crippen LogP contribution in [0, 0.1) is 0 Å². The predicted octanol–water partition coefficient (Wildman–Crippen LogP) is 2.42. The average Bonchev–Trinajstić information content (AvgIpc) is 3.15. The second kappa shape index (κ2) is 7.48. The molecule has 0 spiro atoms. The molecule has 0 fully saturated rings. The molecule has 0 radical (unpaired) electrons. The van der Waals surface area contributed by atoms with Gasteiger partial charge in [-0.1, -0.05) is 12.1 Å². The molecule has 0 aliphatic heterocycles. The third-order valence-electron chi connectivity index (χ3n) is 3.65. The number of methoxy groups -OCH3 is 2. The Hall–Kier alpha value is -3.35. The number of aromatic nitrogens is 3. The molecule has 128 valence electrons. The summed E-state index contributed by atoms with van der Waals surface area (Å²) in [7, 11) is 3.15. The van der Waals surface area contributed by atoms with Gasteiger partial charge < -0.3 is 14.8 Å². The van der Waals surface area contributed by atoms with Gasteiger partial charge in [0, 0.05) is 5.56 Å². The highest BCUT2D eigenvalue weighted by Gasteiger charge is 2.12. The molecule has 0 aliphatic carbocycles. The molecule has 1 heterocycles. The third-order valence-corrected chi connectivity index (χ3v) is 3.65. The smallest absolute Gasteiger partial charge is 0.255 e. The van der Waals surface area contributed by atoms with Crippen LogP contribution in [0.1, 0.15) is 16.2 Å². The summed E-state index contributed by atoms with van der Waals surface area (Å²) in [5, 5.41) is 9.80. The van der Waals surface area contributed by atoms with Crippen molar-refractivity contribution in [2.24, 2.45) is 0 Å². The monoisotopic (exact) mass is 338 g/mol. The van der Waals surface area contributed by atoms with Crippen molar-refractivity contribution in [1.29, 1.82) is 0 Å². The van der Waals surface area contributed by atoms with Gasteiger partial charge in [0.1, 0.15) is 17.3 Å². The van der Waals surface area contributed by atoms with Crippen molar-refractivity contribution >= 4 is 5.91 Å². The maximum Gasteiger partial charge on any atom is 0.255 e. The second-order valence-electron chi connectivity index (χ2n) is 5.22. The van der Waals surface area contributed by atoms with Crippen molar-refractivity contribution in [3.05, 3.63) is 59.9 Å². The molecule has 3 aromatic rings. The molecule has 1 amide bonds. The number of hydrogen-bond acceptors (Lipinski definition) is 5. The van der Waals surface area contributed by atoms with Gasteiger partial charge in [-0.05, 0) is 36.4 Å². The molecule has 7 heteroatoms. The Morgan fingerprint density at radius 3 is 2.56 bits per heavy atom. The van der Waals surface area contributed by atoms with Gasteiger partial charge in [-0.2, -0.15) is 5.10 Å². The van der Waals surface area contributed by atoms with Gasteiger partial charge >= 0.3 is 0 Å². The van der Waals surface area contributed by atoms with Crippen LogP contribution in [0.2, 0.25) is 0 Å². The number of hydrogen-bond donors (Lipinski definition) is 2. The number of nitrogens with one attached hydrogen (secondary N) is 2. The van der Waals surface area contributed by atoms with Crippen LogP contribution in [-0.2, 0) is 6.54 Å². The van der Waals surface area contributed by atoms with Crippen molar-refractivity contribution in [2.45, 2.75) is 6.54 Å². The minimum atomic E-state index is -0.236. The first kappa shape index (κ1) is 16.5. The predicted molar refractivity (Wildman–Crippen MR) is 92.5 cm³/mol. The third kappa shape index (κ3) is 3.77. The minimum absolute atomic E-state index is 0.236. The van der Waals surface area contributed by atoms with Crippen LogP contribution in [-0.4, -0.2) is 35.3 Å². The van der Waals surface area contributed by atoms with E-state index in [9.17, 15) is 4.79 Å². The maximum atomic E-state index is 12.3. The summed E-state index contributed by atoms with van der Waals surface area (Å²) in [4.78, 5) is 16.7. The number of H-pyrrole nitrogens is 1. The Morgan fingerprint density at radius 1 is 1.08 bits per heavy atom. The van der Waals surface area contributed by atoms with Gasteiger partial charge in [0.2, 0.25) is 0 Å². The molecule has 7 nitrogen and oxygen atoms in total. The van der Waals surface area contributed by atoms with E-state index in [0.29, 0.717) is 23.0 Å². The van der Waals surface area contributed by atoms with Crippen LogP contribution in [0.25, 0.3) is 11.4 Å². The van der Waals surface area contributed by atoms with Crippen molar-refractivity contribution < 1.29 is 14.3 Å². The molecule has 1 aromatic heterocycles. The van der Waals surface area contributed by atoms with Crippen LogP contribution < -0.4 is 14.8 Å². The first-order valence-corrected chi connectivity index (χ1v) is 7.68. The summed E-state index contributed by atoms with van der Waals surface area (Å²) in [5.74, 6) is 2.18. The number of carbonyl (C=O) groups excluding carboxylic acids is 1. The molecule has 2 N–H and O–H groups in total. The average molecular weight is 338 g/mol. The lowest BCUT2D eigenvalue weighted by Crippen LogP contribution is -2.23. The Labute approximate surface area is 145 Å². The van der Waals surface area contributed by atoms with Gasteiger partial charge in [0.15, 0.2) is 5.82 Å². The summed E-state index contributed by atoms with van der Waals surface area (Å²) in [6.45, 7) is 0.236. The zero-order valence-corrected chi connectivity index (χ0v) is 13.9. The molecule has 0 saturated heterocycles.